The third-order valence-corrected chi connectivity index (χ3v) is 8.53. The normalized spacial score (nSPS) is 11.6. The Morgan fingerprint density at radius 2 is 1.08 bits per heavy atom. The summed E-state index contributed by atoms with van der Waals surface area (Å²) in [5.41, 5.74) is 5.85. The van der Waals surface area contributed by atoms with Crippen molar-refractivity contribution in [1.29, 1.82) is 5.26 Å². The lowest BCUT2D eigenvalue weighted by atomic mass is 10.0. The molecule has 0 unspecified atom stereocenters. The first-order valence-electron chi connectivity index (χ1n) is 15.5. The molecule has 0 saturated heterocycles. The molecule has 5 nitrogen and oxygen atoms in total. The summed E-state index contributed by atoms with van der Waals surface area (Å²) in [7, 11) is 0. The second kappa shape index (κ2) is 11.9. The second-order valence-electron chi connectivity index (χ2n) is 11.5. The van der Waals surface area contributed by atoms with Gasteiger partial charge in [0.1, 0.15) is 0 Å². The van der Waals surface area contributed by atoms with Crippen LogP contribution in [-0.4, -0.2) is 19.5 Å². The van der Waals surface area contributed by atoms with Crippen molar-refractivity contribution in [2.24, 2.45) is 0 Å². The molecule has 0 aliphatic carbocycles. The number of alkyl halides is 3. The van der Waals surface area contributed by atoms with E-state index in [9.17, 15) is 18.4 Å². The van der Waals surface area contributed by atoms with Crippen molar-refractivity contribution in [2.75, 3.05) is 0 Å². The molecule has 2 aromatic heterocycles. The van der Waals surface area contributed by atoms with Gasteiger partial charge >= 0.3 is 6.18 Å². The number of para-hydroxylation sites is 1. The molecule has 8 heteroatoms. The molecule has 8 aromatic rings. The van der Waals surface area contributed by atoms with Crippen LogP contribution in [0.15, 0.2) is 146 Å². The Bertz CT molecular complexity index is 2480. The molecule has 0 aliphatic rings. The Morgan fingerprint density at radius 3 is 1.71 bits per heavy atom. The fourth-order valence-electron chi connectivity index (χ4n) is 6.16. The van der Waals surface area contributed by atoms with Crippen LogP contribution in [0.2, 0.25) is 0 Å². The Morgan fingerprint density at radius 1 is 0.510 bits per heavy atom. The third-order valence-electron chi connectivity index (χ3n) is 8.53. The molecular formula is C41H24F3N5. The summed E-state index contributed by atoms with van der Waals surface area (Å²) in [6.07, 6.45) is -4.50. The number of hydrogen-bond donors (Lipinski definition) is 0. The molecule has 49 heavy (non-hydrogen) atoms. The van der Waals surface area contributed by atoms with Crippen molar-refractivity contribution < 1.29 is 13.2 Å². The Hall–Kier alpha value is -6.59. The van der Waals surface area contributed by atoms with Gasteiger partial charge in [-0.25, -0.2) is 15.0 Å². The van der Waals surface area contributed by atoms with E-state index in [1.165, 1.54) is 12.1 Å². The maximum atomic E-state index is 13.9. The van der Waals surface area contributed by atoms with E-state index in [-0.39, 0.29) is 0 Å². The predicted octanol–water partition coefficient (Wildman–Crippen LogP) is 10.5. The smallest absolute Gasteiger partial charge is 0.308 e. The first kappa shape index (κ1) is 29.8. The van der Waals surface area contributed by atoms with E-state index in [1.807, 2.05) is 120 Å². The van der Waals surface area contributed by atoms with Crippen LogP contribution in [0, 0.1) is 11.3 Å². The fourth-order valence-corrected chi connectivity index (χ4v) is 6.16. The van der Waals surface area contributed by atoms with Gasteiger partial charge in [0.15, 0.2) is 17.5 Å². The first-order valence-corrected chi connectivity index (χ1v) is 15.5. The minimum absolute atomic E-state index is 0.409. The summed E-state index contributed by atoms with van der Waals surface area (Å²) in [6.45, 7) is 0. The van der Waals surface area contributed by atoms with Gasteiger partial charge in [0.05, 0.1) is 33.9 Å². The molecule has 0 N–H and O–H groups in total. The van der Waals surface area contributed by atoms with Crippen LogP contribution in [-0.2, 0) is 6.18 Å². The molecule has 0 amide bonds. The lowest BCUT2D eigenvalue weighted by Gasteiger charge is -2.16. The summed E-state index contributed by atoms with van der Waals surface area (Å²) >= 11 is 0. The molecule has 234 valence electrons. The number of halogens is 3. The topological polar surface area (TPSA) is 67.4 Å². The third kappa shape index (κ3) is 5.47. The predicted molar refractivity (Wildman–Crippen MR) is 186 cm³/mol. The van der Waals surface area contributed by atoms with Crippen LogP contribution < -0.4 is 0 Å². The monoisotopic (exact) mass is 643 g/mol. The molecule has 6 aromatic carbocycles. The van der Waals surface area contributed by atoms with Gasteiger partial charge in [0.25, 0.3) is 0 Å². The van der Waals surface area contributed by atoms with Crippen LogP contribution in [0.1, 0.15) is 11.1 Å². The zero-order valence-electron chi connectivity index (χ0n) is 25.7. The average Bonchev–Trinajstić information content (AvgIpc) is 3.48. The van der Waals surface area contributed by atoms with E-state index in [1.54, 1.807) is 12.1 Å². The quantitative estimate of drug-likeness (QED) is 0.187. The van der Waals surface area contributed by atoms with Crippen LogP contribution in [0.3, 0.4) is 0 Å². The number of hydrogen-bond acceptors (Lipinski definition) is 4. The minimum atomic E-state index is -4.50. The van der Waals surface area contributed by atoms with Gasteiger partial charge in [-0.2, -0.15) is 18.4 Å². The van der Waals surface area contributed by atoms with Crippen molar-refractivity contribution >= 4 is 21.8 Å². The average molecular weight is 644 g/mol. The Labute approximate surface area is 279 Å². The van der Waals surface area contributed by atoms with E-state index < -0.39 is 11.7 Å². The van der Waals surface area contributed by atoms with Crippen molar-refractivity contribution in [2.45, 2.75) is 6.18 Å². The molecule has 2 heterocycles. The van der Waals surface area contributed by atoms with E-state index in [0.29, 0.717) is 50.6 Å². The molecule has 8 rings (SSSR count). The Kier molecular flexibility index (Phi) is 7.23. The van der Waals surface area contributed by atoms with Gasteiger partial charge in [-0.3, -0.25) is 0 Å². The molecule has 0 bridgehead atoms. The number of fused-ring (bicyclic) bond motifs is 3. The van der Waals surface area contributed by atoms with E-state index in [0.717, 1.165) is 33.8 Å². The van der Waals surface area contributed by atoms with Crippen LogP contribution in [0.25, 0.3) is 72.8 Å². The van der Waals surface area contributed by atoms with Crippen molar-refractivity contribution in [3.63, 3.8) is 0 Å². The van der Waals surface area contributed by atoms with E-state index >= 15 is 0 Å². The highest BCUT2D eigenvalue weighted by atomic mass is 19.4. The molecular weight excluding hydrogens is 619 g/mol. The largest absolute Gasteiger partial charge is 0.416 e. The first-order chi connectivity index (χ1) is 23.9. The summed E-state index contributed by atoms with van der Waals surface area (Å²) in [4.78, 5) is 14.8. The highest BCUT2D eigenvalue weighted by molar-refractivity contribution is 6.10. The summed E-state index contributed by atoms with van der Waals surface area (Å²) in [6, 6.07) is 45.9. The Balaban J connectivity index is 1.44. The second-order valence-corrected chi connectivity index (χ2v) is 11.5. The molecule has 0 radical (unpaired) electrons. The van der Waals surface area contributed by atoms with Gasteiger partial charge in [-0.05, 0) is 59.7 Å². The molecule has 0 aliphatic heterocycles. The van der Waals surface area contributed by atoms with E-state index in [2.05, 4.69) is 6.07 Å². The highest BCUT2D eigenvalue weighted by Crippen LogP contribution is 2.40. The standard InChI is InChI=1S/C41H24F3N5/c42-41(43,44)31-20-22-36-34(24-31)32-13-7-8-14-35(32)49(36)37-23-30(27-17-15-26(25-45)16-18-27)19-21-33(37)40-47-38(28-9-3-1-4-10-28)46-39(48-40)29-11-5-2-6-12-29/h1-24H. The number of aromatic nitrogens is 4. The fraction of sp³-hybridized carbons (Fsp3) is 0.0244. The van der Waals surface area contributed by atoms with Crippen molar-refractivity contribution in [1.82, 2.24) is 19.5 Å². The van der Waals surface area contributed by atoms with Crippen molar-refractivity contribution in [3.05, 3.63) is 157 Å². The lowest BCUT2D eigenvalue weighted by molar-refractivity contribution is -0.137. The SMILES string of the molecule is N#Cc1ccc(-c2ccc(-c3nc(-c4ccccc4)nc(-c4ccccc4)n3)c(-n3c4ccccc4c4cc(C(F)(F)F)ccc43)c2)cc1. The number of nitrogens with zero attached hydrogens (tertiary/aromatic N) is 5. The highest BCUT2D eigenvalue weighted by Gasteiger charge is 2.31. The maximum Gasteiger partial charge on any atom is 0.416 e. The maximum absolute atomic E-state index is 13.9. The van der Waals surface area contributed by atoms with Crippen LogP contribution >= 0.6 is 0 Å². The summed E-state index contributed by atoms with van der Waals surface area (Å²) in [5, 5.41) is 10.5. The van der Waals surface area contributed by atoms with Crippen LogP contribution in [0.5, 0.6) is 0 Å². The van der Waals surface area contributed by atoms with E-state index in [4.69, 9.17) is 15.0 Å². The molecule has 0 spiro atoms. The van der Waals surface area contributed by atoms with Crippen molar-refractivity contribution in [3.8, 4) is 57.0 Å². The van der Waals surface area contributed by atoms with Gasteiger partial charge in [-0.1, -0.05) is 97.1 Å². The zero-order valence-corrected chi connectivity index (χ0v) is 25.7. The van der Waals surface area contributed by atoms with Crippen LogP contribution in [0.4, 0.5) is 13.2 Å². The number of rotatable bonds is 5. The molecule has 0 saturated carbocycles. The minimum Gasteiger partial charge on any atom is -0.308 e. The van der Waals surface area contributed by atoms with Gasteiger partial charge in [0, 0.05) is 27.5 Å². The molecule has 0 atom stereocenters. The number of benzene rings is 6. The number of nitriles is 1. The molecule has 0 fully saturated rings. The van der Waals surface area contributed by atoms with Gasteiger partial charge < -0.3 is 4.57 Å². The summed E-state index contributed by atoms with van der Waals surface area (Å²) in [5.74, 6) is 1.39. The summed E-state index contributed by atoms with van der Waals surface area (Å²) < 4.78 is 43.8. The lowest BCUT2D eigenvalue weighted by Crippen LogP contribution is -2.05. The van der Waals surface area contributed by atoms with Gasteiger partial charge in [0.2, 0.25) is 0 Å². The zero-order chi connectivity index (χ0) is 33.5. The van der Waals surface area contributed by atoms with Gasteiger partial charge in [-0.15, -0.1) is 0 Å².